The number of anilines is 1. The molecule has 0 spiro atoms. The number of hydrogen-bond acceptors (Lipinski definition) is 6. The third kappa shape index (κ3) is 2.90. The number of hydrogen-bond donors (Lipinski definition) is 2. The van der Waals surface area contributed by atoms with Gasteiger partial charge in [-0.15, -0.1) is 0 Å². The van der Waals surface area contributed by atoms with Gasteiger partial charge in [-0.05, 0) is 31.5 Å². The van der Waals surface area contributed by atoms with E-state index in [0.717, 1.165) is 36.4 Å². The van der Waals surface area contributed by atoms with E-state index < -0.39 is 0 Å². The van der Waals surface area contributed by atoms with Crippen LogP contribution >= 0.6 is 0 Å². The highest BCUT2D eigenvalue weighted by Crippen LogP contribution is 2.25. The topological polar surface area (TPSA) is 76.4 Å². The lowest BCUT2D eigenvalue weighted by atomic mass is 10.1. The average molecular weight is 324 g/mol. The number of pyridine rings is 1. The fraction of sp³-hybridized carbons (Fsp3) is 0.353. The molecular formula is C17H20N6O. The van der Waals surface area contributed by atoms with Gasteiger partial charge in [0.2, 0.25) is 5.88 Å². The van der Waals surface area contributed by atoms with Crippen LogP contribution in [-0.2, 0) is 0 Å². The molecule has 2 N–H and O–H groups in total. The molecule has 0 aliphatic carbocycles. The van der Waals surface area contributed by atoms with Crippen molar-refractivity contribution in [1.82, 2.24) is 24.9 Å². The molecule has 0 aromatic carbocycles. The molecule has 0 radical (unpaired) electrons. The number of nitrogens with one attached hydrogen (secondary N) is 2. The Kier molecular flexibility index (Phi) is 4.00. The molecule has 0 amide bonds. The lowest BCUT2D eigenvalue weighted by Crippen LogP contribution is -2.38. The van der Waals surface area contributed by atoms with Crippen LogP contribution in [0.1, 0.15) is 12.8 Å². The summed E-state index contributed by atoms with van der Waals surface area (Å²) in [5.74, 6) is 1.93. The first-order valence-electron chi connectivity index (χ1n) is 8.16. The number of aromatic nitrogens is 4. The van der Waals surface area contributed by atoms with Gasteiger partial charge in [-0.2, -0.15) is 10.1 Å². The summed E-state index contributed by atoms with van der Waals surface area (Å²) >= 11 is 0. The van der Waals surface area contributed by atoms with Gasteiger partial charge in [0.1, 0.15) is 5.82 Å². The van der Waals surface area contributed by atoms with Crippen molar-refractivity contribution in [3.8, 4) is 17.3 Å². The van der Waals surface area contributed by atoms with Gasteiger partial charge in [-0.3, -0.25) is 0 Å². The van der Waals surface area contributed by atoms with Crippen molar-refractivity contribution in [2.75, 3.05) is 25.5 Å². The zero-order chi connectivity index (χ0) is 16.4. The number of nitrogens with zero attached hydrogens (tertiary/aromatic N) is 4. The van der Waals surface area contributed by atoms with Crippen molar-refractivity contribution in [2.24, 2.45) is 0 Å². The Morgan fingerprint density at radius 1 is 1.33 bits per heavy atom. The molecule has 7 heteroatoms. The van der Waals surface area contributed by atoms with E-state index in [1.54, 1.807) is 13.3 Å². The molecule has 4 heterocycles. The Labute approximate surface area is 140 Å². The lowest BCUT2D eigenvalue weighted by Gasteiger charge is -2.24. The zero-order valence-electron chi connectivity index (χ0n) is 13.6. The molecule has 0 bridgehead atoms. The summed E-state index contributed by atoms with van der Waals surface area (Å²) in [6, 6.07) is 8.13. The highest BCUT2D eigenvalue weighted by molar-refractivity contribution is 5.76. The molecule has 24 heavy (non-hydrogen) atoms. The van der Waals surface area contributed by atoms with Gasteiger partial charge in [-0.25, -0.2) is 9.50 Å². The van der Waals surface area contributed by atoms with Crippen molar-refractivity contribution < 1.29 is 4.74 Å². The fourth-order valence-electron chi connectivity index (χ4n) is 3.01. The van der Waals surface area contributed by atoms with Crippen LogP contribution in [0.5, 0.6) is 5.88 Å². The van der Waals surface area contributed by atoms with E-state index >= 15 is 0 Å². The molecule has 3 aromatic heterocycles. The van der Waals surface area contributed by atoms with Crippen molar-refractivity contribution in [3.63, 3.8) is 0 Å². The van der Waals surface area contributed by atoms with Crippen molar-refractivity contribution in [1.29, 1.82) is 0 Å². The van der Waals surface area contributed by atoms with E-state index in [2.05, 4.69) is 25.7 Å². The fourth-order valence-corrected chi connectivity index (χ4v) is 3.01. The SMILES string of the molecule is COc1cc(N[C@@H]2CCCNC2)nc(-c2cnn3ccccc23)n1. The van der Waals surface area contributed by atoms with Gasteiger partial charge in [0.25, 0.3) is 0 Å². The molecule has 0 saturated carbocycles. The Balaban J connectivity index is 1.71. The van der Waals surface area contributed by atoms with Gasteiger partial charge >= 0.3 is 0 Å². The molecule has 7 nitrogen and oxygen atoms in total. The van der Waals surface area contributed by atoms with Crippen LogP contribution in [0.4, 0.5) is 5.82 Å². The highest BCUT2D eigenvalue weighted by atomic mass is 16.5. The summed E-state index contributed by atoms with van der Waals surface area (Å²) in [6.07, 6.45) is 5.99. The summed E-state index contributed by atoms with van der Waals surface area (Å²) in [5, 5.41) is 11.2. The minimum atomic E-state index is 0.370. The Morgan fingerprint density at radius 3 is 3.12 bits per heavy atom. The molecule has 1 aliphatic rings. The van der Waals surface area contributed by atoms with Crippen LogP contribution in [-0.4, -0.2) is 45.8 Å². The summed E-state index contributed by atoms with van der Waals surface area (Å²) in [4.78, 5) is 9.18. The summed E-state index contributed by atoms with van der Waals surface area (Å²) < 4.78 is 7.18. The second kappa shape index (κ2) is 6.45. The van der Waals surface area contributed by atoms with Crippen molar-refractivity contribution >= 4 is 11.3 Å². The average Bonchev–Trinajstić information content (AvgIpc) is 3.06. The second-order valence-corrected chi connectivity index (χ2v) is 5.90. The molecule has 3 aromatic rings. The normalized spacial score (nSPS) is 17.8. The van der Waals surface area contributed by atoms with E-state index in [1.165, 1.54) is 6.42 Å². The van der Waals surface area contributed by atoms with Crippen LogP contribution in [0.25, 0.3) is 16.9 Å². The van der Waals surface area contributed by atoms with Crippen LogP contribution in [0, 0.1) is 0 Å². The lowest BCUT2D eigenvalue weighted by molar-refractivity contribution is 0.397. The molecule has 1 saturated heterocycles. The van der Waals surface area contributed by atoms with Gasteiger partial charge in [0, 0.05) is 24.8 Å². The van der Waals surface area contributed by atoms with Crippen LogP contribution in [0.15, 0.2) is 36.7 Å². The number of rotatable bonds is 4. The minimum absolute atomic E-state index is 0.370. The third-order valence-corrected chi connectivity index (χ3v) is 4.23. The molecule has 124 valence electrons. The maximum absolute atomic E-state index is 5.36. The van der Waals surface area contributed by atoms with E-state index in [4.69, 9.17) is 4.74 Å². The Bertz CT molecular complexity index is 840. The van der Waals surface area contributed by atoms with E-state index in [0.29, 0.717) is 17.7 Å². The quantitative estimate of drug-likeness (QED) is 0.764. The Morgan fingerprint density at radius 2 is 2.29 bits per heavy atom. The second-order valence-electron chi connectivity index (χ2n) is 5.90. The number of piperidine rings is 1. The minimum Gasteiger partial charge on any atom is -0.481 e. The smallest absolute Gasteiger partial charge is 0.218 e. The van der Waals surface area contributed by atoms with Gasteiger partial charge in [-0.1, -0.05) is 6.07 Å². The number of ether oxygens (including phenoxy) is 1. The number of fused-ring (bicyclic) bond motifs is 1. The number of methoxy groups -OCH3 is 1. The highest BCUT2D eigenvalue weighted by Gasteiger charge is 2.16. The maximum Gasteiger partial charge on any atom is 0.218 e. The van der Waals surface area contributed by atoms with Crippen LogP contribution in [0.3, 0.4) is 0 Å². The first kappa shape index (κ1) is 14.9. The molecule has 0 unspecified atom stereocenters. The van der Waals surface area contributed by atoms with E-state index in [9.17, 15) is 0 Å². The van der Waals surface area contributed by atoms with Crippen LogP contribution < -0.4 is 15.4 Å². The van der Waals surface area contributed by atoms with E-state index in [1.807, 2.05) is 35.0 Å². The summed E-state index contributed by atoms with van der Waals surface area (Å²) in [5.41, 5.74) is 1.86. The molecular weight excluding hydrogens is 304 g/mol. The zero-order valence-corrected chi connectivity index (χ0v) is 13.6. The largest absolute Gasteiger partial charge is 0.481 e. The van der Waals surface area contributed by atoms with Gasteiger partial charge < -0.3 is 15.4 Å². The molecule has 1 atom stereocenters. The van der Waals surface area contributed by atoms with Crippen molar-refractivity contribution in [3.05, 3.63) is 36.7 Å². The summed E-state index contributed by atoms with van der Waals surface area (Å²) in [7, 11) is 1.62. The predicted octanol–water partition coefficient (Wildman–Crippen LogP) is 1.96. The standard InChI is InChI=1S/C17H20N6O/c1-24-16-9-15(20-12-5-4-7-18-10-12)21-17(22-16)13-11-19-23-8-3-2-6-14(13)23/h2-3,6,8-9,11-12,18H,4-5,7,10H2,1H3,(H,20,21,22)/t12-/m1/s1. The molecule has 4 rings (SSSR count). The van der Waals surface area contributed by atoms with E-state index in [-0.39, 0.29) is 0 Å². The van der Waals surface area contributed by atoms with Gasteiger partial charge in [0.15, 0.2) is 5.82 Å². The predicted molar refractivity (Wildman–Crippen MR) is 92.3 cm³/mol. The Hall–Kier alpha value is -2.67. The van der Waals surface area contributed by atoms with Crippen LogP contribution in [0.2, 0.25) is 0 Å². The monoisotopic (exact) mass is 324 g/mol. The first-order valence-corrected chi connectivity index (χ1v) is 8.16. The third-order valence-electron chi connectivity index (χ3n) is 4.23. The maximum atomic E-state index is 5.36. The molecule has 1 fully saturated rings. The summed E-state index contributed by atoms with van der Waals surface area (Å²) in [6.45, 7) is 2.03. The van der Waals surface area contributed by atoms with Crippen molar-refractivity contribution in [2.45, 2.75) is 18.9 Å². The molecule has 1 aliphatic heterocycles. The van der Waals surface area contributed by atoms with Gasteiger partial charge in [0.05, 0.1) is 24.4 Å². The first-order chi connectivity index (χ1) is 11.8.